The molecule has 0 aliphatic heterocycles. The number of rotatable bonds is 6. The molecule has 1 unspecified atom stereocenters. The number of aliphatic hydroxyl groups is 1. The fourth-order valence-corrected chi connectivity index (χ4v) is 0.855. The number of hydrogen-bond acceptors (Lipinski definition) is 3. The summed E-state index contributed by atoms with van der Waals surface area (Å²) in [6.07, 6.45) is 0.736. The lowest BCUT2D eigenvalue weighted by Gasteiger charge is -2.27. The van der Waals surface area contributed by atoms with Crippen molar-refractivity contribution in [3.05, 3.63) is 0 Å². The molecule has 1 amide bonds. The van der Waals surface area contributed by atoms with Crippen LogP contribution in [0.4, 0.5) is 0 Å². The Kier molecular flexibility index (Phi) is 5.72. The van der Waals surface area contributed by atoms with Crippen LogP contribution in [0.3, 0.4) is 0 Å². The van der Waals surface area contributed by atoms with Crippen LogP contribution in [0.1, 0.15) is 34.1 Å². The standard InChI is InChI=1S/C10H21NO3/c1-5-10(4,7-12)11-9(13)6-14-8(2)3/h8,12H,5-7H2,1-4H3,(H,11,13). The van der Waals surface area contributed by atoms with Gasteiger partial charge in [0.1, 0.15) is 6.61 Å². The van der Waals surface area contributed by atoms with Gasteiger partial charge in [-0.05, 0) is 27.2 Å². The van der Waals surface area contributed by atoms with Crippen LogP contribution in [0.5, 0.6) is 0 Å². The van der Waals surface area contributed by atoms with E-state index in [0.29, 0.717) is 6.42 Å². The van der Waals surface area contributed by atoms with Crippen LogP contribution in [0.25, 0.3) is 0 Å². The lowest BCUT2D eigenvalue weighted by Crippen LogP contribution is -2.49. The number of amides is 1. The van der Waals surface area contributed by atoms with Crippen LogP contribution in [0.2, 0.25) is 0 Å². The molecule has 0 aliphatic rings. The Hall–Kier alpha value is -0.610. The number of nitrogens with one attached hydrogen (secondary N) is 1. The second-order valence-electron chi connectivity index (χ2n) is 3.98. The van der Waals surface area contributed by atoms with E-state index in [2.05, 4.69) is 5.32 Å². The Morgan fingerprint density at radius 2 is 2.14 bits per heavy atom. The molecule has 0 heterocycles. The van der Waals surface area contributed by atoms with Crippen molar-refractivity contribution >= 4 is 5.91 Å². The Balaban J connectivity index is 3.92. The molecule has 2 N–H and O–H groups in total. The van der Waals surface area contributed by atoms with Crippen molar-refractivity contribution in [2.24, 2.45) is 0 Å². The smallest absolute Gasteiger partial charge is 0.246 e. The normalized spacial score (nSPS) is 15.3. The molecule has 0 aliphatic carbocycles. The summed E-state index contributed by atoms with van der Waals surface area (Å²) < 4.78 is 5.14. The number of hydrogen-bond donors (Lipinski definition) is 2. The van der Waals surface area contributed by atoms with E-state index in [9.17, 15) is 4.79 Å². The van der Waals surface area contributed by atoms with Crippen LogP contribution in [-0.4, -0.2) is 35.9 Å². The molecule has 0 radical (unpaired) electrons. The first-order valence-electron chi connectivity index (χ1n) is 4.97. The first kappa shape index (κ1) is 13.4. The van der Waals surface area contributed by atoms with Crippen LogP contribution in [0.15, 0.2) is 0 Å². The maximum Gasteiger partial charge on any atom is 0.246 e. The fourth-order valence-electron chi connectivity index (χ4n) is 0.855. The molecule has 1 atom stereocenters. The first-order valence-corrected chi connectivity index (χ1v) is 4.97. The lowest BCUT2D eigenvalue weighted by molar-refractivity contribution is -0.129. The van der Waals surface area contributed by atoms with Crippen molar-refractivity contribution in [3.63, 3.8) is 0 Å². The molecule has 0 spiro atoms. The number of carbonyl (C=O) groups is 1. The minimum Gasteiger partial charge on any atom is -0.394 e. The molecule has 0 rings (SSSR count). The number of ether oxygens (including phenoxy) is 1. The van der Waals surface area contributed by atoms with Gasteiger partial charge in [0.05, 0.1) is 18.2 Å². The van der Waals surface area contributed by atoms with Gasteiger partial charge in [0.25, 0.3) is 0 Å². The fraction of sp³-hybridized carbons (Fsp3) is 0.900. The molecule has 4 heteroatoms. The van der Waals surface area contributed by atoms with E-state index in [1.807, 2.05) is 20.8 Å². The maximum atomic E-state index is 11.3. The molecule has 0 aromatic rings. The highest BCUT2D eigenvalue weighted by atomic mass is 16.5. The zero-order valence-corrected chi connectivity index (χ0v) is 9.46. The Morgan fingerprint density at radius 1 is 1.57 bits per heavy atom. The molecular formula is C10H21NO3. The van der Waals surface area contributed by atoms with Gasteiger partial charge in [0, 0.05) is 0 Å². The zero-order chi connectivity index (χ0) is 11.2. The summed E-state index contributed by atoms with van der Waals surface area (Å²) >= 11 is 0. The van der Waals surface area contributed by atoms with Gasteiger partial charge in [0.2, 0.25) is 5.91 Å². The highest BCUT2D eigenvalue weighted by Gasteiger charge is 2.22. The third-order valence-corrected chi connectivity index (χ3v) is 2.12. The van der Waals surface area contributed by atoms with E-state index in [1.165, 1.54) is 0 Å². The summed E-state index contributed by atoms with van der Waals surface area (Å²) in [6, 6.07) is 0. The molecule has 0 fully saturated rings. The molecule has 4 nitrogen and oxygen atoms in total. The van der Waals surface area contributed by atoms with Crippen LogP contribution < -0.4 is 5.32 Å². The minimum atomic E-state index is -0.530. The van der Waals surface area contributed by atoms with Crippen LogP contribution >= 0.6 is 0 Å². The van der Waals surface area contributed by atoms with Gasteiger partial charge < -0.3 is 15.2 Å². The van der Waals surface area contributed by atoms with E-state index >= 15 is 0 Å². The third-order valence-electron chi connectivity index (χ3n) is 2.12. The topological polar surface area (TPSA) is 58.6 Å². The van der Waals surface area contributed by atoms with E-state index < -0.39 is 5.54 Å². The lowest BCUT2D eigenvalue weighted by atomic mass is 10.0. The molecule has 0 aromatic carbocycles. The summed E-state index contributed by atoms with van der Waals surface area (Å²) in [4.78, 5) is 11.3. The van der Waals surface area contributed by atoms with E-state index in [0.717, 1.165) is 0 Å². The van der Waals surface area contributed by atoms with Gasteiger partial charge in [0.15, 0.2) is 0 Å². The van der Waals surface area contributed by atoms with E-state index in [4.69, 9.17) is 9.84 Å². The average molecular weight is 203 g/mol. The van der Waals surface area contributed by atoms with Gasteiger partial charge in [-0.3, -0.25) is 4.79 Å². The van der Waals surface area contributed by atoms with Crippen molar-refractivity contribution in [2.75, 3.05) is 13.2 Å². The van der Waals surface area contributed by atoms with Gasteiger partial charge in [-0.25, -0.2) is 0 Å². The molecule has 0 saturated heterocycles. The van der Waals surface area contributed by atoms with Crippen molar-refractivity contribution in [2.45, 2.75) is 45.8 Å². The Bertz CT molecular complexity index is 176. The molecular weight excluding hydrogens is 182 g/mol. The quantitative estimate of drug-likeness (QED) is 0.667. The predicted molar refractivity (Wildman–Crippen MR) is 55.0 cm³/mol. The number of carbonyl (C=O) groups excluding carboxylic acids is 1. The van der Waals surface area contributed by atoms with Crippen molar-refractivity contribution < 1.29 is 14.6 Å². The molecule has 0 saturated carbocycles. The minimum absolute atomic E-state index is 0.0442. The van der Waals surface area contributed by atoms with Crippen molar-refractivity contribution in [3.8, 4) is 0 Å². The van der Waals surface area contributed by atoms with Crippen molar-refractivity contribution in [1.29, 1.82) is 0 Å². The second-order valence-corrected chi connectivity index (χ2v) is 3.98. The molecule has 0 bridgehead atoms. The zero-order valence-electron chi connectivity index (χ0n) is 9.46. The summed E-state index contributed by atoms with van der Waals surface area (Å²) in [5.74, 6) is -0.183. The molecule has 84 valence electrons. The van der Waals surface area contributed by atoms with Gasteiger partial charge in [-0.1, -0.05) is 6.92 Å². The third kappa shape index (κ3) is 5.19. The monoisotopic (exact) mass is 203 g/mol. The Labute approximate surface area is 85.6 Å². The summed E-state index contributed by atoms with van der Waals surface area (Å²) in [7, 11) is 0. The van der Waals surface area contributed by atoms with E-state index in [-0.39, 0.29) is 25.2 Å². The van der Waals surface area contributed by atoms with Crippen molar-refractivity contribution in [1.82, 2.24) is 5.32 Å². The molecule has 0 aromatic heterocycles. The highest BCUT2D eigenvalue weighted by Crippen LogP contribution is 2.07. The summed E-state index contributed by atoms with van der Waals surface area (Å²) in [5.41, 5.74) is -0.530. The average Bonchev–Trinajstić information content (AvgIpc) is 2.14. The van der Waals surface area contributed by atoms with Gasteiger partial charge in [-0.15, -0.1) is 0 Å². The van der Waals surface area contributed by atoms with Gasteiger partial charge in [-0.2, -0.15) is 0 Å². The SMILES string of the molecule is CCC(C)(CO)NC(=O)COC(C)C. The van der Waals surface area contributed by atoms with Crippen LogP contribution in [0, 0.1) is 0 Å². The first-order chi connectivity index (χ1) is 6.43. The largest absolute Gasteiger partial charge is 0.394 e. The maximum absolute atomic E-state index is 11.3. The second kappa shape index (κ2) is 5.98. The summed E-state index contributed by atoms with van der Waals surface area (Å²) in [6.45, 7) is 7.46. The Morgan fingerprint density at radius 3 is 2.50 bits per heavy atom. The highest BCUT2D eigenvalue weighted by molar-refractivity contribution is 5.78. The number of aliphatic hydroxyl groups excluding tert-OH is 1. The van der Waals surface area contributed by atoms with Gasteiger partial charge >= 0.3 is 0 Å². The summed E-state index contributed by atoms with van der Waals surface area (Å²) in [5, 5.41) is 11.8. The predicted octanol–water partition coefficient (Wildman–Crippen LogP) is 0.689. The van der Waals surface area contributed by atoms with E-state index in [1.54, 1.807) is 6.92 Å². The molecule has 14 heavy (non-hydrogen) atoms. The van der Waals surface area contributed by atoms with Crippen LogP contribution in [-0.2, 0) is 9.53 Å².